The highest BCUT2D eigenvalue weighted by molar-refractivity contribution is 5.79. The van der Waals surface area contributed by atoms with Gasteiger partial charge in [-0.2, -0.15) is 0 Å². The third kappa shape index (κ3) is 5.53. The molecule has 0 radical (unpaired) electrons. The van der Waals surface area contributed by atoms with Crippen LogP contribution in [0.2, 0.25) is 0 Å². The van der Waals surface area contributed by atoms with Crippen molar-refractivity contribution in [2.75, 3.05) is 41.0 Å². The molecule has 0 spiro atoms. The monoisotopic (exact) mass is 363 g/mol. The summed E-state index contributed by atoms with van der Waals surface area (Å²) in [6.07, 6.45) is 4.93. The molecular weight excluding hydrogens is 330 g/mol. The fourth-order valence-electron chi connectivity index (χ4n) is 3.28. The summed E-state index contributed by atoms with van der Waals surface area (Å²) < 4.78 is 16.2. The van der Waals surface area contributed by atoms with Gasteiger partial charge in [0.1, 0.15) is 0 Å². The summed E-state index contributed by atoms with van der Waals surface area (Å²) in [4.78, 5) is 4.34. The maximum absolute atomic E-state index is 5.56. The molecule has 0 atom stereocenters. The number of nitrogens with one attached hydrogen (secondary N) is 2. The number of rotatable bonds is 10. The third-order valence-corrected chi connectivity index (χ3v) is 5.09. The lowest BCUT2D eigenvalue weighted by atomic mass is 9.67. The quantitative estimate of drug-likeness (QED) is 0.494. The zero-order valence-corrected chi connectivity index (χ0v) is 16.6. The summed E-state index contributed by atoms with van der Waals surface area (Å²) in [5, 5.41) is 6.86. The van der Waals surface area contributed by atoms with Gasteiger partial charge in [-0.05, 0) is 49.3 Å². The van der Waals surface area contributed by atoms with Crippen LogP contribution < -0.4 is 20.1 Å². The maximum Gasteiger partial charge on any atom is 0.191 e. The third-order valence-electron chi connectivity index (χ3n) is 5.09. The lowest BCUT2D eigenvalue weighted by molar-refractivity contribution is 0.0732. The molecule has 1 aromatic rings. The summed E-state index contributed by atoms with van der Waals surface area (Å²) in [6.45, 7) is 5.01. The van der Waals surface area contributed by atoms with Crippen LogP contribution in [0, 0.1) is 5.41 Å². The van der Waals surface area contributed by atoms with Crippen molar-refractivity contribution >= 4 is 5.96 Å². The summed E-state index contributed by atoms with van der Waals surface area (Å²) >= 11 is 0. The Morgan fingerprint density at radius 1 is 1.19 bits per heavy atom. The molecule has 1 aliphatic carbocycles. The number of benzene rings is 1. The van der Waals surface area contributed by atoms with Crippen LogP contribution in [0.25, 0.3) is 0 Å². The molecule has 1 aliphatic rings. The van der Waals surface area contributed by atoms with Gasteiger partial charge in [-0.25, -0.2) is 0 Å². The van der Waals surface area contributed by atoms with Crippen LogP contribution in [0.3, 0.4) is 0 Å². The van der Waals surface area contributed by atoms with E-state index in [1.807, 2.05) is 25.1 Å². The van der Waals surface area contributed by atoms with Gasteiger partial charge >= 0.3 is 0 Å². The van der Waals surface area contributed by atoms with Crippen molar-refractivity contribution in [2.45, 2.75) is 39.2 Å². The molecule has 6 heteroatoms. The lowest BCUT2D eigenvalue weighted by Gasteiger charge is -2.42. The van der Waals surface area contributed by atoms with Crippen LogP contribution in [-0.4, -0.2) is 47.0 Å². The smallest absolute Gasteiger partial charge is 0.191 e. The average Bonchev–Trinajstić information content (AvgIpc) is 2.64. The molecule has 0 bridgehead atoms. The zero-order valence-electron chi connectivity index (χ0n) is 16.6. The first kappa shape index (κ1) is 20.4. The fraction of sp³-hybridized carbons (Fsp3) is 0.650. The lowest BCUT2D eigenvalue weighted by Crippen LogP contribution is -2.46. The van der Waals surface area contributed by atoms with Crippen molar-refractivity contribution in [3.63, 3.8) is 0 Å². The number of hydrogen-bond donors (Lipinski definition) is 2. The molecule has 2 N–H and O–H groups in total. The number of aliphatic imine (C=N–C) groups is 1. The molecule has 146 valence electrons. The van der Waals surface area contributed by atoms with Crippen LogP contribution in [-0.2, 0) is 11.3 Å². The fourth-order valence-corrected chi connectivity index (χ4v) is 3.28. The second kappa shape index (κ2) is 10.3. The van der Waals surface area contributed by atoms with E-state index in [9.17, 15) is 0 Å². The maximum atomic E-state index is 5.56. The highest BCUT2D eigenvalue weighted by atomic mass is 16.5. The van der Waals surface area contributed by atoms with Crippen LogP contribution in [0.4, 0.5) is 0 Å². The van der Waals surface area contributed by atoms with Crippen LogP contribution in [0.5, 0.6) is 11.5 Å². The molecule has 0 unspecified atom stereocenters. The SMILES string of the molecule is CCOc1ccc(CNC(=NC)NCC2(CCOC)CCC2)cc1OC. The highest BCUT2D eigenvalue weighted by Crippen LogP contribution is 2.43. The Morgan fingerprint density at radius 3 is 2.58 bits per heavy atom. The van der Waals surface area contributed by atoms with Crippen molar-refractivity contribution in [1.29, 1.82) is 0 Å². The Hall–Kier alpha value is -1.95. The average molecular weight is 364 g/mol. The predicted molar refractivity (Wildman–Crippen MR) is 105 cm³/mol. The Bertz CT molecular complexity index is 586. The molecule has 0 aliphatic heterocycles. The number of nitrogens with zero attached hydrogens (tertiary/aromatic N) is 1. The molecule has 26 heavy (non-hydrogen) atoms. The van der Waals surface area contributed by atoms with E-state index in [0.29, 0.717) is 18.6 Å². The Morgan fingerprint density at radius 2 is 2.00 bits per heavy atom. The number of methoxy groups -OCH3 is 2. The van der Waals surface area contributed by atoms with Gasteiger partial charge in [0.2, 0.25) is 0 Å². The molecule has 1 aromatic carbocycles. The molecular formula is C20H33N3O3. The van der Waals surface area contributed by atoms with Gasteiger partial charge in [-0.1, -0.05) is 12.5 Å². The van der Waals surface area contributed by atoms with Crippen molar-refractivity contribution in [1.82, 2.24) is 10.6 Å². The molecule has 1 fully saturated rings. The molecule has 1 saturated carbocycles. The van der Waals surface area contributed by atoms with Gasteiger partial charge in [0.15, 0.2) is 17.5 Å². The topological polar surface area (TPSA) is 64.1 Å². The minimum atomic E-state index is 0.357. The first-order chi connectivity index (χ1) is 12.7. The molecule has 6 nitrogen and oxygen atoms in total. The van der Waals surface area contributed by atoms with Crippen LogP contribution in [0.1, 0.15) is 38.2 Å². The van der Waals surface area contributed by atoms with E-state index in [0.717, 1.165) is 42.6 Å². The van der Waals surface area contributed by atoms with E-state index in [1.165, 1.54) is 19.3 Å². The highest BCUT2D eigenvalue weighted by Gasteiger charge is 2.36. The van der Waals surface area contributed by atoms with Crippen molar-refractivity contribution < 1.29 is 14.2 Å². The second-order valence-corrected chi connectivity index (χ2v) is 6.79. The largest absolute Gasteiger partial charge is 0.493 e. The van der Waals surface area contributed by atoms with E-state index >= 15 is 0 Å². The van der Waals surface area contributed by atoms with Crippen LogP contribution >= 0.6 is 0 Å². The van der Waals surface area contributed by atoms with Crippen molar-refractivity contribution in [2.24, 2.45) is 10.4 Å². The molecule has 2 rings (SSSR count). The number of ether oxygens (including phenoxy) is 3. The zero-order chi connectivity index (χ0) is 18.8. The number of guanidine groups is 1. The van der Waals surface area contributed by atoms with E-state index < -0.39 is 0 Å². The minimum Gasteiger partial charge on any atom is -0.493 e. The second-order valence-electron chi connectivity index (χ2n) is 6.79. The van der Waals surface area contributed by atoms with E-state index in [4.69, 9.17) is 14.2 Å². The van der Waals surface area contributed by atoms with E-state index in [2.05, 4.69) is 15.6 Å². The normalized spacial score (nSPS) is 15.9. The van der Waals surface area contributed by atoms with Crippen molar-refractivity contribution in [3.8, 4) is 11.5 Å². The Kier molecular flexibility index (Phi) is 8.04. The summed E-state index contributed by atoms with van der Waals surface area (Å²) in [7, 11) is 5.23. The predicted octanol–water partition coefficient (Wildman–Crippen LogP) is 2.97. The van der Waals surface area contributed by atoms with E-state index in [1.54, 1.807) is 21.3 Å². The number of hydrogen-bond acceptors (Lipinski definition) is 4. The van der Waals surface area contributed by atoms with E-state index in [-0.39, 0.29) is 0 Å². The first-order valence-corrected chi connectivity index (χ1v) is 9.39. The minimum absolute atomic E-state index is 0.357. The Balaban J connectivity index is 1.86. The van der Waals surface area contributed by atoms with Crippen LogP contribution in [0.15, 0.2) is 23.2 Å². The summed E-state index contributed by atoms with van der Waals surface area (Å²) in [5.74, 6) is 2.34. The van der Waals surface area contributed by atoms with Gasteiger partial charge < -0.3 is 24.8 Å². The summed E-state index contributed by atoms with van der Waals surface area (Å²) in [6, 6.07) is 5.99. The molecule has 0 amide bonds. The Labute approximate surface area is 157 Å². The summed E-state index contributed by atoms with van der Waals surface area (Å²) in [5.41, 5.74) is 1.47. The van der Waals surface area contributed by atoms with Gasteiger partial charge in [0.05, 0.1) is 13.7 Å². The van der Waals surface area contributed by atoms with Crippen molar-refractivity contribution in [3.05, 3.63) is 23.8 Å². The molecule has 0 saturated heterocycles. The van der Waals surface area contributed by atoms with Gasteiger partial charge in [0.25, 0.3) is 0 Å². The van der Waals surface area contributed by atoms with Gasteiger partial charge in [-0.3, -0.25) is 4.99 Å². The molecule has 0 aromatic heterocycles. The van der Waals surface area contributed by atoms with Gasteiger partial charge in [0, 0.05) is 33.9 Å². The molecule has 0 heterocycles. The first-order valence-electron chi connectivity index (χ1n) is 9.39. The van der Waals surface area contributed by atoms with Gasteiger partial charge in [-0.15, -0.1) is 0 Å². The standard InChI is InChI=1S/C20H33N3O3/c1-5-26-17-8-7-16(13-18(17)25-4)14-22-19(21-2)23-15-20(9-6-10-20)11-12-24-3/h7-8,13H,5-6,9-12,14-15H2,1-4H3,(H2,21,22,23).